The fourth-order valence-electron chi connectivity index (χ4n) is 4.57. The fraction of sp³-hybridized carbons (Fsp3) is 0.400. The van der Waals surface area contributed by atoms with Gasteiger partial charge in [0.25, 0.3) is 5.69 Å². The first-order chi connectivity index (χ1) is 18.2. The molecule has 6 nitrogen and oxygen atoms in total. The van der Waals surface area contributed by atoms with Gasteiger partial charge in [-0.1, -0.05) is 90.3 Å². The molecule has 3 aromatic rings. The van der Waals surface area contributed by atoms with Gasteiger partial charge in [0.2, 0.25) is 0 Å². The lowest BCUT2D eigenvalue weighted by Gasteiger charge is -2.31. The van der Waals surface area contributed by atoms with Crippen molar-refractivity contribution in [3.63, 3.8) is 0 Å². The highest BCUT2D eigenvalue weighted by atomic mass is 19.4. The number of nitro groups is 1. The van der Waals surface area contributed by atoms with Gasteiger partial charge in [-0.15, -0.1) is 10.2 Å². The van der Waals surface area contributed by atoms with Gasteiger partial charge >= 0.3 is 6.18 Å². The highest BCUT2D eigenvalue weighted by molar-refractivity contribution is 5.63. The molecule has 0 aliphatic heterocycles. The summed E-state index contributed by atoms with van der Waals surface area (Å²) >= 11 is 0. The van der Waals surface area contributed by atoms with Gasteiger partial charge in [-0.2, -0.15) is 13.2 Å². The summed E-state index contributed by atoms with van der Waals surface area (Å²) in [5.74, 6) is -0.143. The molecule has 0 saturated heterocycles. The van der Waals surface area contributed by atoms with Gasteiger partial charge in [-0.25, -0.2) is 0 Å². The molecule has 208 valence electrons. The van der Waals surface area contributed by atoms with Crippen LogP contribution >= 0.6 is 0 Å². The Morgan fingerprint density at radius 2 is 1.49 bits per heavy atom. The first-order valence-corrected chi connectivity index (χ1v) is 12.9. The van der Waals surface area contributed by atoms with Crippen molar-refractivity contribution in [1.82, 2.24) is 0 Å². The summed E-state index contributed by atoms with van der Waals surface area (Å²) in [6.45, 7) is 10.3. The third-order valence-electron chi connectivity index (χ3n) is 7.21. The van der Waals surface area contributed by atoms with Crippen molar-refractivity contribution in [3.05, 3.63) is 93.0 Å². The van der Waals surface area contributed by atoms with Crippen LogP contribution in [0.2, 0.25) is 0 Å². The lowest BCUT2D eigenvalue weighted by molar-refractivity contribution is -0.384. The number of aromatic hydroxyl groups is 1. The van der Waals surface area contributed by atoms with Crippen molar-refractivity contribution in [2.24, 2.45) is 10.2 Å². The number of nitrogens with zero attached hydrogens (tertiary/aromatic N) is 3. The van der Waals surface area contributed by atoms with E-state index in [1.807, 2.05) is 50.2 Å². The van der Waals surface area contributed by atoms with Crippen LogP contribution in [0.4, 0.5) is 30.2 Å². The number of rotatable bonds is 10. The number of hydrogen-bond acceptors (Lipinski definition) is 5. The van der Waals surface area contributed by atoms with Crippen LogP contribution in [0.1, 0.15) is 82.6 Å². The summed E-state index contributed by atoms with van der Waals surface area (Å²) in [6, 6.07) is 15.4. The monoisotopic (exact) mass is 541 g/mol. The van der Waals surface area contributed by atoms with Gasteiger partial charge in [0.05, 0.1) is 10.5 Å². The molecule has 0 saturated carbocycles. The van der Waals surface area contributed by atoms with Crippen molar-refractivity contribution in [3.8, 4) is 5.75 Å². The lowest BCUT2D eigenvalue weighted by atomic mass is 9.73. The van der Waals surface area contributed by atoms with E-state index < -0.39 is 27.8 Å². The molecular formula is C30H34F3N3O3. The Hall–Kier alpha value is -3.75. The average Bonchev–Trinajstić information content (AvgIpc) is 2.87. The molecule has 0 atom stereocenters. The van der Waals surface area contributed by atoms with E-state index in [9.17, 15) is 28.4 Å². The Labute approximate surface area is 226 Å². The number of azo groups is 1. The smallest absolute Gasteiger partial charge is 0.416 e. The molecule has 0 fully saturated rings. The van der Waals surface area contributed by atoms with Crippen LogP contribution in [0, 0.1) is 10.1 Å². The zero-order valence-electron chi connectivity index (χ0n) is 22.8. The zero-order valence-corrected chi connectivity index (χ0v) is 22.8. The van der Waals surface area contributed by atoms with Crippen LogP contribution in [0.3, 0.4) is 0 Å². The standard InChI is InChI=1S/C30H34F3N3O3/c1-6-7-11-16-28(2,3)22-17-23(29(4,5)20-12-9-8-10-13-20)27(37)25(18-22)35-34-24-15-14-21(30(31,32)33)19-26(24)36(38)39/h8-10,12-15,17-19,37H,6-7,11,16H2,1-5H3. The maximum Gasteiger partial charge on any atom is 0.416 e. The summed E-state index contributed by atoms with van der Waals surface area (Å²) in [4.78, 5) is 10.6. The first-order valence-electron chi connectivity index (χ1n) is 12.9. The average molecular weight is 542 g/mol. The number of phenols is 1. The van der Waals surface area contributed by atoms with Crippen LogP contribution in [0.25, 0.3) is 0 Å². The summed E-state index contributed by atoms with van der Waals surface area (Å²) in [7, 11) is 0. The molecule has 0 heterocycles. The third kappa shape index (κ3) is 6.82. The largest absolute Gasteiger partial charge is 0.505 e. The summed E-state index contributed by atoms with van der Waals surface area (Å²) in [5, 5.41) is 31.0. The van der Waals surface area contributed by atoms with Crippen molar-refractivity contribution in [1.29, 1.82) is 0 Å². The predicted molar refractivity (Wildman–Crippen MR) is 146 cm³/mol. The second-order valence-corrected chi connectivity index (χ2v) is 10.9. The molecule has 0 unspecified atom stereocenters. The van der Waals surface area contributed by atoms with Crippen molar-refractivity contribution in [2.75, 3.05) is 0 Å². The highest BCUT2D eigenvalue weighted by Crippen LogP contribution is 2.46. The Kier molecular flexibility index (Phi) is 8.83. The molecule has 0 aliphatic rings. The number of phenolic OH excluding ortho intramolecular Hbond substituents is 1. The fourth-order valence-corrected chi connectivity index (χ4v) is 4.57. The minimum Gasteiger partial charge on any atom is -0.505 e. The molecule has 3 rings (SSSR count). The number of nitro benzene ring substituents is 1. The maximum absolute atomic E-state index is 13.1. The van der Waals surface area contributed by atoms with Crippen molar-refractivity contribution in [2.45, 2.75) is 77.3 Å². The maximum atomic E-state index is 13.1. The Bertz CT molecular complexity index is 1350. The van der Waals surface area contributed by atoms with E-state index in [0.29, 0.717) is 11.6 Å². The van der Waals surface area contributed by atoms with Crippen molar-refractivity contribution >= 4 is 17.1 Å². The number of hydrogen-bond donors (Lipinski definition) is 1. The molecular weight excluding hydrogens is 507 g/mol. The Balaban J connectivity index is 2.18. The first kappa shape index (κ1) is 29.8. The zero-order chi connectivity index (χ0) is 29.0. The molecule has 0 aliphatic carbocycles. The number of unbranched alkanes of at least 4 members (excludes halogenated alkanes) is 2. The summed E-state index contributed by atoms with van der Waals surface area (Å²) in [6.07, 6.45) is -0.695. The second kappa shape index (κ2) is 11.6. The quantitative estimate of drug-likeness (QED) is 0.120. The minimum atomic E-state index is -4.74. The predicted octanol–water partition coefficient (Wildman–Crippen LogP) is 9.92. The number of halogens is 3. The van der Waals surface area contributed by atoms with Gasteiger partial charge in [0.15, 0.2) is 5.69 Å². The lowest BCUT2D eigenvalue weighted by Crippen LogP contribution is -2.22. The molecule has 39 heavy (non-hydrogen) atoms. The van der Waals surface area contributed by atoms with E-state index in [0.717, 1.165) is 48.9 Å². The minimum absolute atomic E-state index is 0.0873. The van der Waals surface area contributed by atoms with Crippen LogP contribution in [-0.2, 0) is 17.0 Å². The Morgan fingerprint density at radius 3 is 2.08 bits per heavy atom. The molecule has 0 spiro atoms. The number of benzene rings is 3. The van der Waals surface area contributed by atoms with Gasteiger partial charge in [0, 0.05) is 17.0 Å². The number of alkyl halides is 3. The SMILES string of the molecule is CCCCCC(C)(C)c1cc(N=Nc2ccc(C(F)(F)F)cc2[N+](=O)[O-])c(O)c(C(C)(C)c2ccccc2)c1. The Morgan fingerprint density at radius 1 is 0.846 bits per heavy atom. The van der Waals surface area contributed by atoms with E-state index in [1.165, 1.54) is 0 Å². The third-order valence-corrected chi connectivity index (χ3v) is 7.21. The molecule has 0 bridgehead atoms. The van der Waals surface area contributed by atoms with Gasteiger partial charge in [-0.05, 0) is 41.2 Å². The van der Waals surface area contributed by atoms with Crippen LogP contribution in [0.15, 0.2) is 70.9 Å². The molecule has 0 amide bonds. The summed E-state index contributed by atoms with van der Waals surface area (Å²) in [5.41, 5.74) is -0.680. The topological polar surface area (TPSA) is 88.1 Å². The summed E-state index contributed by atoms with van der Waals surface area (Å²) < 4.78 is 39.4. The normalized spacial score (nSPS) is 12.7. The van der Waals surface area contributed by atoms with E-state index in [2.05, 4.69) is 31.0 Å². The van der Waals surface area contributed by atoms with Crippen LogP contribution in [-0.4, -0.2) is 10.0 Å². The van der Waals surface area contributed by atoms with E-state index in [1.54, 1.807) is 6.07 Å². The van der Waals surface area contributed by atoms with Crippen LogP contribution in [0.5, 0.6) is 5.75 Å². The van der Waals surface area contributed by atoms with E-state index >= 15 is 0 Å². The van der Waals surface area contributed by atoms with Gasteiger partial charge in [0.1, 0.15) is 11.4 Å². The molecule has 3 aromatic carbocycles. The second-order valence-electron chi connectivity index (χ2n) is 10.9. The van der Waals surface area contributed by atoms with E-state index in [-0.39, 0.29) is 22.5 Å². The van der Waals surface area contributed by atoms with Gasteiger partial charge in [-0.3, -0.25) is 10.1 Å². The molecule has 1 N–H and O–H groups in total. The van der Waals surface area contributed by atoms with E-state index in [4.69, 9.17) is 0 Å². The molecule has 9 heteroatoms. The molecule has 0 aromatic heterocycles. The van der Waals surface area contributed by atoms with Crippen molar-refractivity contribution < 1.29 is 23.2 Å². The van der Waals surface area contributed by atoms with Crippen LogP contribution < -0.4 is 0 Å². The highest BCUT2D eigenvalue weighted by Gasteiger charge is 2.34. The molecule has 0 radical (unpaired) electrons. The van der Waals surface area contributed by atoms with Gasteiger partial charge < -0.3 is 5.11 Å².